The van der Waals surface area contributed by atoms with Crippen LogP contribution in [0.4, 0.5) is 5.69 Å². The Kier molecular flexibility index (Phi) is 6.46. The summed E-state index contributed by atoms with van der Waals surface area (Å²) < 4.78 is 0. The minimum atomic E-state index is -0.312. The summed E-state index contributed by atoms with van der Waals surface area (Å²) in [6.07, 6.45) is 1.06. The fourth-order valence-corrected chi connectivity index (χ4v) is 4.09. The summed E-state index contributed by atoms with van der Waals surface area (Å²) in [7, 11) is 0. The third-order valence-corrected chi connectivity index (χ3v) is 5.86. The molecule has 0 aliphatic carbocycles. The second kappa shape index (κ2) is 9.61. The van der Waals surface area contributed by atoms with E-state index in [1.807, 2.05) is 84.6 Å². The molecule has 0 N–H and O–H groups in total. The Labute approximate surface area is 184 Å². The number of anilines is 1. The number of amides is 2. The predicted octanol–water partition coefficient (Wildman–Crippen LogP) is 4.62. The average Bonchev–Trinajstić information content (AvgIpc) is 3.19. The smallest absolute Gasteiger partial charge is 0.228 e. The second-order valence-electron chi connectivity index (χ2n) is 8.22. The van der Waals surface area contributed by atoms with Crippen LogP contribution in [0.15, 0.2) is 84.9 Å². The van der Waals surface area contributed by atoms with Crippen molar-refractivity contribution in [2.75, 3.05) is 18.0 Å². The van der Waals surface area contributed by atoms with Crippen molar-refractivity contribution in [1.82, 2.24) is 4.90 Å². The first kappa shape index (κ1) is 20.9. The number of hydrogen-bond donors (Lipinski definition) is 0. The number of carbonyl (C=O) groups is 2. The van der Waals surface area contributed by atoms with Crippen LogP contribution < -0.4 is 4.90 Å². The Morgan fingerprint density at radius 2 is 1.52 bits per heavy atom. The lowest BCUT2D eigenvalue weighted by molar-refractivity contribution is -0.136. The molecule has 4 rings (SSSR count). The van der Waals surface area contributed by atoms with Crippen LogP contribution in [0.25, 0.3) is 0 Å². The lowest BCUT2D eigenvalue weighted by Crippen LogP contribution is -2.38. The molecule has 4 heteroatoms. The highest BCUT2D eigenvalue weighted by Gasteiger charge is 2.37. The Hall–Kier alpha value is -3.40. The summed E-state index contributed by atoms with van der Waals surface area (Å²) in [5, 5.41) is 0. The van der Waals surface area contributed by atoms with Gasteiger partial charge in [0, 0.05) is 31.7 Å². The summed E-state index contributed by atoms with van der Waals surface area (Å²) in [4.78, 5) is 29.9. The first-order chi connectivity index (χ1) is 15.1. The zero-order chi connectivity index (χ0) is 21.6. The van der Waals surface area contributed by atoms with Crippen LogP contribution in [0.1, 0.15) is 23.1 Å². The molecular weight excluding hydrogens is 384 g/mol. The molecule has 0 saturated carbocycles. The number of benzene rings is 3. The molecule has 3 aromatic rings. The fraction of sp³-hybridized carbons (Fsp3) is 0.259. The molecule has 0 aromatic heterocycles. The van der Waals surface area contributed by atoms with E-state index in [0.717, 1.165) is 23.2 Å². The highest BCUT2D eigenvalue weighted by atomic mass is 16.2. The van der Waals surface area contributed by atoms with Gasteiger partial charge in [0.1, 0.15) is 0 Å². The highest BCUT2D eigenvalue weighted by molar-refractivity contribution is 6.00. The van der Waals surface area contributed by atoms with Crippen LogP contribution in [-0.4, -0.2) is 29.8 Å². The molecule has 0 radical (unpaired) electrons. The Morgan fingerprint density at radius 1 is 0.903 bits per heavy atom. The largest absolute Gasteiger partial charge is 0.338 e. The van der Waals surface area contributed by atoms with Gasteiger partial charge in [-0.05, 0) is 36.6 Å². The minimum Gasteiger partial charge on any atom is -0.338 e. The Bertz CT molecular complexity index is 1020. The zero-order valence-electron chi connectivity index (χ0n) is 17.9. The third kappa shape index (κ3) is 5.21. The van der Waals surface area contributed by atoms with E-state index in [1.54, 1.807) is 4.90 Å². The quantitative estimate of drug-likeness (QED) is 0.568. The highest BCUT2D eigenvalue weighted by Crippen LogP contribution is 2.27. The molecule has 1 fully saturated rings. The van der Waals surface area contributed by atoms with Crippen molar-refractivity contribution in [2.24, 2.45) is 5.92 Å². The van der Waals surface area contributed by atoms with E-state index in [9.17, 15) is 9.59 Å². The van der Waals surface area contributed by atoms with E-state index >= 15 is 0 Å². The van der Waals surface area contributed by atoms with Gasteiger partial charge in [0.15, 0.2) is 0 Å². The summed E-state index contributed by atoms with van der Waals surface area (Å²) in [5.74, 6) is -0.235. The predicted molar refractivity (Wildman–Crippen MR) is 124 cm³/mol. The molecule has 1 aliphatic rings. The van der Waals surface area contributed by atoms with Gasteiger partial charge in [-0.25, -0.2) is 0 Å². The normalized spacial score (nSPS) is 15.8. The van der Waals surface area contributed by atoms with Gasteiger partial charge >= 0.3 is 0 Å². The van der Waals surface area contributed by atoms with E-state index in [4.69, 9.17) is 0 Å². The molecule has 1 atom stereocenters. The summed E-state index contributed by atoms with van der Waals surface area (Å²) in [5.41, 5.74) is 4.32. The fourth-order valence-electron chi connectivity index (χ4n) is 4.09. The maximum absolute atomic E-state index is 13.5. The number of rotatable bonds is 7. The van der Waals surface area contributed by atoms with E-state index in [0.29, 0.717) is 19.6 Å². The van der Waals surface area contributed by atoms with E-state index in [1.165, 1.54) is 5.56 Å². The van der Waals surface area contributed by atoms with Gasteiger partial charge in [-0.3, -0.25) is 9.59 Å². The van der Waals surface area contributed by atoms with E-state index in [-0.39, 0.29) is 24.2 Å². The summed E-state index contributed by atoms with van der Waals surface area (Å²) >= 11 is 0. The van der Waals surface area contributed by atoms with Gasteiger partial charge in [0.25, 0.3) is 0 Å². The van der Waals surface area contributed by atoms with Crippen LogP contribution >= 0.6 is 0 Å². The third-order valence-electron chi connectivity index (χ3n) is 5.86. The molecule has 4 nitrogen and oxygen atoms in total. The number of aryl methyl sites for hydroxylation is 1. The molecule has 1 heterocycles. The molecule has 31 heavy (non-hydrogen) atoms. The second-order valence-corrected chi connectivity index (χ2v) is 8.22. The van der Waals surface area contributed by atoms with E-state index < -0.39 is 0 Å². The standard InChI is InChI=1S/C27H28N2O2/c1-21-12-14-25(15-13-21)29-20-24(18-26(29)30)27(31)28(19-23-10-6-3-7-11-23)17-16-22-8-4-2-5-9-22/h2-15,24H,16-20H2,1H3/t24-/m0/s1. The molecule has 2 amide bonds. The van der Waals surface area contributed by atoms with Crippen molar-refractivity contribution in [2.45, 2.75) is 26.3 Å². The van der Waals surface area contributed by atoms with E-state index in [2.05, 4.69) is 12.1 Å². The van der Waals surface area contributed by atoms with Gasteiger partial charge in [-0.1, -0.05) is 78.4 Å². The molecule has 0 unspecified atom stereocenters. The maximum atomic E-state index is 13.5. The van der Waals surface area contributed by atoms with Crippen LogP contribution in [0.5, 0.6) is 0 Å². The Morgan fingerprint density at radius 3 is 2.16 bits per heavy atom. The lowest BCUT2D eigenvalue weighted by atomic mass is 10.1. The summed E-state index contributed by atoms with van der Waals surface area (Å²) in [6, 6.07) is 28.2. The first-order valence-electron chi connectivity index (χ1n) is 10.8. The monoisotopic (exact) mass is 412 g/mol. The lowest BCUT2D eigenvalue weighted by Gasteiger charge is -2.26. The minimum absolute atomic E-state index is 0.0184. The topological polar surface area (TPSA) is 40.6 Å². The molecule has 1 aliphatic heterocycles. The number of carbonyl (C=O) groups excluding carboxylic acids is 2. The summed E-state index contributed by atoms with van der Waals surface area (Å²) in [6.45, 7) is 3.65. The van der Waals surface area contributed by atoms with Crippen LogP contribution in [-0.2, 0) is 22.6 Å². The molecule has 158 valence electrons. The molecule has 1 saturated heterocycles. The molecule has 3 aromatic carbocycles. The maximum Gasteiger partial charge on any atom is 0.228 e. The molecule has 0 bridgehead atoms. The van der Waals surface area contributed by atoms with Gasteiger partial charge in [0.05, 0.1) is 5.92 Å². The van der Waals surface area contributed by atoms with Crippen molar-refractivity contribution in [3.8, 4) is 0 Å². The zero-order valence-corrected chi connectivity index (χ0v) is 17.9. The van der Waals surface area contributed by atoms with Crippen LogP contribution in [0.2, 0.25) is 0 Å². The number of nitrogens with zero attached hydrogens (tertiary/aromatic N) is 2. The van der Waals surface area contributed by atoms with Crippen LogP contribution in [0, 0.1) is 12.8 Å². The van der Waals surface area contributed by atoms with Gasteiger partial charge in [-0.15, -0.1) is 0 Å². The number of hydrogen-bond acceptors (Lipinski definition) is 2. The SMILES string of the molecule is Cc1ccc(N2C[C@@H](C(=O)N(CCc3ccccc3)Cc3ccccc3)CC2=O)cc1. The molecule has 0 spiro atoms. The van der Waals surface area contributed by atoms with Crippen LogP contribution in [0.3, 0.4) is 0 Å². The van der Waals surface area contributed by atoms with Crippen molar-refractivity contribution in [3.05, 3.63) is 102 Å². The van der Waals surface area contributed by atoms with Crippen molar-refractivity contribution < 1.29 is 9.59 Å². The van der Waals surface area contributed by atoms with Gasteiger partial charge in [0.2, 0.25) is 11.8 Å². The molecular formula is C27H28N2O2. The van der Waals surface area contributed by atoms with Crippen molar-refractivity contribution in [3.63, 3.8) is 0 Å². The van der Waals surface area contributed by atoms with Gasteiger partial charge < -0.3 is 9.80 Å². The Balaban J connectivity index is 1.49. The average molecular weight is 413 g/mol. The first-order valence-corrected chi connectivity index (χ1v) is 10.8. The van der Waals surface area contributed by atoms with Gasteiger partial charge in [-0.2, -0.15) is 0 Å². The van der Waals surface area contributed by atoms with Crippen molar-refractivity contribution >= 4 is 17.5 Å². The van der Waals surface area contributed by atoms with Crippen molar-refractivity contribution in [1.29, 1.82) is 0 Å².